The van der Waals surface area contributed by atoms with Crippen molar-refractivity contribution in [3.8, 4) is 0 Å². The Kier molecular flexibility index (Phi) is 3.55. The molecule has 4 N–H and O–H groups in total. The summed E-state index contributed by atoms with van der Waals surface area (Å²) < 4.78 is 0. The quantitative estimate of drug-likeness (QED) is 0.662. The maximum Gasteiger partial charge on any atom is 0.271 e. The van der Waals surface area contributed by atoms with Crippen LogP contribution in [0.5, 0.6) is 0 Å². The van der Waals surface area contributed by atoms with Gasteiger partial charge in [-0.25, -0.2) is 15.0 Å². The fourth-order valence-electron chi connectivity index (χ4n) is 1.98. The standard InChI is InChI=1S/C13H12N6O2S/c1-6(13-16-4-8(22-13)10(14)20)19-12(21)9-7-2-3-15-11(7)18-5-17-9/h2-6H,1H3,(H2,14,20)(H,19,21)(H,15,17,18). The number of aromatic nitrogens is 4. The number of aromatic amines is 1. The average Bonchev–Trinajstić information content (AvgIpc) is 3.15. The van der Waals surface area contributed by atoms with Crippen LogP contribution in [0.25, 0.3) is 11.0 Å². The van der Waals surface area contributed by atoms with Crippen molar-refractivity contribution >= 4 is 34.2 Å². The van der Waals surface area contributed by atoms with Crippen LogP contribution < -0.4 is 11.1 Å². The van der Waals surface area contributed by atoms with E-state index >= 15 is 0 Å². The molecule has 0 radical (unpaired) electrons. The number of nitrogens with zero attached hydrogens (tertiary/aromatic N) is 3. The summed E-state index contributed by atoms with van der Waals surface area (Å²) in [6.45, 7) is 1.77. The lowest BCUT2D eigenvalue weighted by Crippen LogP contribution is -2.27. The highest BCUT2D eigenvalue weighted by Gasteiger charge is 2.19. The van der Waals surface area contributed by atoms with Gasteiger partial charge in [0.2, 0.25) is 0 Å². The van der Waals surface area contributed by atoms with Gasteiger partial charge in [-0.2, -0.15) is 0 Å². The molecule has 0 aliphatic rings. The van der Waals surface area contributed by atoms with Crippen molar-refractivity contribution in [3.05, 3.63) is 40.4 Å². The largest absolute Gasteiger partial charge is 0.365 e. The molecule has 3 heterocycles. The number of H-pyrrole nitrogens is 1. The van der Waals surface area contributed by atoms with Crippen LogP contribution in [0.15, 0.2) is 24.8 Å². The molecule has 0 aliphatic carbocycles. The van der Waals surface area contributed by atoms with Crippen LogP contribution in [0.4, 0.5) is 0 Å². The predicted octanol–water partition coefficient (Wildman–Crippen LogP) is 1.00. The van der Waals surface area contributed by atoms with E-state index in [0.717, 1.165) is 11.3 Å². The zero-order chi connectivity index (χ0) is 15.7. The first kappa shape index (κ1) is 14.1. The van der Waals surface area contributed by atoms with E-state index in [4.69, 9.17) is 5.73 Å². The fourth-order valence-corrected chi connectivity index (χ4v) is 2.75. The number of primary amides is 1. The van der Waals surface area contributed by atoms with Crippen molar-refractivity contribution in [2.24, 2.45) is 5.73 Å². The third-order valence-corrected chi connectivity index (χ3v) is 4.25. The molecule has 112 valence electrons. The summed E-state index contributed by atoms with van der Waals surface area (Å²) in [5.41, 5.74) is 6.07. The van der Waals surface area contributed by atoms with Crippen molar-refractivity contribution in [2.75, 3.05) is 0 Å². The van der Waals surface area contributed by atoms with Crippen LogP contribution in [0.2, 0.25) is 0 Å². The van der Waals surface area contributed by atoms with E-state index in [2.05, 4.69) is 25.3 Å². The summed E-state index contributed by atoms with van der Waals surface area (Å²) in [5.74, 6) is -0.873. The van der Waals surface area contributed by atoms with Crippen LogP contribution in [-0.4, -0.2) is 31.8 Å². The van der Waals surface area contributed by atoms with Crippen molar-refractivity contribution in [2.45, 2.75) is 13.0 Å². The summed E-state index contributed by atoms with van der Waals surface area (Å²) in [5, 5.41) is 4.04. The number of nitrogens with two attached hydrogens (primary N) is 1. The van der Waals surface area contributed by atoms with Gasteiger partial charge in [0.1, 0.15) is 27.6 Å². The van der Waals surface area contributed by atoms with Crippen LogP contribution in [-0.2, 0) is 0 Å². The molecule has 3 rings (SSSR count). The molecular formula is C13H12N6O2S. The Balaban J connectivity index is 1.81. The molecule has 22 heavy (non-hydrogen) atoms. The molecule has 0 spiro atoms. The maximum absolute atomic E-state index is 12.4. The van der Waals surface area contributed by atoms with Crippen molar-refractivity contribution < 1.29 is 9.59 Å². The van der Waals surface area contributed by atoms with E-state index in [1.165, 1.54) is 12.5 Å². The van der Waals surface area contributed by atoms with Crippen LogP contribution in [0.3, 0.4) is 0 Å². The smallest absolute Gasteiger partial charge is 0.271 e. The lowest BCUT2D eigenvalue weighted by molar-refractivity contribution is 0.0935. The molecule has 1 unspecified atom stereocenters. The summed E-state index contributed by atoms with van der Waals surface area (Å²) in [4.78, 5) is 38.9. The Morgan fingerprint density at radius 3 is 2.91 bits per heavy atom. The van der Waals surface area contributed by atoms with Gasteiger partial charge >= 0.3 is 0 Å². The molecule has 0 saturated carbocycles. The van der Waals surface area contributed by atoms with Gasteiger partial charge in [-0.15, -0.1) is 11.3 Å². The van der Waals surface area contributed by atoms with E-state index in [-0.39, 0.29) is 17.6 Å². The van der Waals surface area contributed by atoms with E-state index in [1.807, 2.05) is 0 Å². The highest BCUT2D eigenvalue weighted by Crippen LogP contribution is 2.20. The number of hydrogen-bond donors (Lipinski definition) is 3. The topological polar surface area (TPSA) is 127 Å². The SMILES string of the molecule is CC(NC(=O)c1ncnc2[nH]ccc12)c1ncc(C(N)=O)s1. The predicted molar refractivity (Wildman–Crippen MR) is 80.4 cm³/mol. The van der Waals surface area contributed by atoms with Crippen molar-refractivity contribution in [1.29, 1.82) is 0 Å². The van der Waals surface area contributed by atoms with Gasteiger partial charge in [0, 0.05) is 6.20 Å². The number of fused-ring (bicyclic) bond motifs is 1. The number of carbonyl (C=O) groups is 2. The number of nitrogens with one attached hydrogen (secondary N) is 2. The Morgan fingerprint density at radius 1 is 1.36 bits per heavy atom. The Morgan fingerprint density at radius 2 is 2.18 bits per heavy atom. The molecule has 0 fully saturated rings. The molecular weight excluding hydrogens is 304 g/mol. The molecule has 0 aromatic carbocycles. The van der Waals surface area contributed by atoms with Crippen molar-refractivity contribution in [1.82, 2.24) is 25.3 Å². The summed E-state index contributed by atoms with van der Waals surface area (Å²) >= 11 is 1.15. The van der Waals surface area contributed by atoms with Crippen LogP contribution in [0, 0.1) is 0 Å². The molecule has 0 saturated heterocycles. The highest BCUT2D eigenvalue weighted by atomic mass is 32.1. The van der Waals surface area contributed by atoms with E-state index in [1.54, 1.807) is 19.2 Å². The third-order valence-electron chi connectivity index (χ3n) is 3.05. The molecule has 8 nitrogen and oxygen atoms in total. The average molecular weight is 316 g/mol. The third kappa shape index (κ3) is 2.53. The van der Waals surface area contributed by atoms with Gasteiger partial charge in [-0.1, -0.05) is 0 Å². The second-order valence-corrected chi connectivity index (χ2v) is 5.65. The van der Waals surface area contributed by atoms with E-state index in [9.17, 15) is 9.59 Å². The number of carbonyl (C=O) groups excluding carboxylic acids is 2. The number of hydrogen-bond acceptors (Lipinski definition) is 6. The van der Waals surface area contributed by atoms with Gasteiger partial charge in [-0.3, -0.25) is 9.59 Å². The Labute approximate surface area is 128 Å². The van der Waals surface area contributed by atoms with E-state index in [0.29, 0.717) is 20.9 Å². The monoisotopic (exact) mass is 316 g/mol. The number of amides is 2. The van der Waals surface area contributed by atoms with Crippen LogP contribution in [0.1, 0.15) is 38.1 Å². The first-order valence-corrected chi connectivity index (χ1v) is 7.22. The second-order valence-electron chi connectivity index (χ2n) is 4.58. The molecule has 3 aromatic rings. The fraction of sp³-hybridized carbons (Fsp3) is 0.154. The van der Waals surface area contributed by atoms with E-state index < -0.39 is 5.91 Å². The Hall–Kier alpha value is -2.81. The minimum atomic E-state index is -0.535. The maximum atomic E-state index is 12.4. The second kappa shape index (κ2) is 5.53. The number of thiazole rings is 1. The minimum Gasteiger partial charge on any atom is -0.365 e. The summed E-state index contributed by atoms with van der Waals surface area (Å²) in [6, 6.07) is 1.37. The normalized spacial score (nSPS) is 12.2. The van der Waals surface area contributed by atoms with Crippen LogP contribution >= 0.6 is 11.3 Å². The molecule has 9 heteroatoms. The number of rotatable bonds is 4. The molecule has 0 aliphatic heterocycles. The molecule has 1 atom stereocenters. The van der Waals surface area contributed by atoms with Gasteiger partial charge in [0.15, 0.2) is 0 Å². The van der Waals surface area contributed by atoms with Gasteiger partial charge in [-0.05, 0) is 13.0 Å². The highest BCUT2D eigenvalue weighted by molar-refractivity contribution is 7.13. The lowest BCUT2D eigenvalue weighted by atomic mass is 10.2. The minimum absolute atomic E-state index is 0.282. The molecule has 3 aromatic heterocycles. The molecule has 2 amide bonds. The zero-order valence-electron chi connectivity index (χ0n) is 11.5. The van der Waals surface area contributed by atoms with Gasteiger partial charge in [0.05, 0.1) is 17.6 Å². The first-order chi connectivity index (χ1) is 10.6. The summed E-state index contributed by atoms with van der Waals surface area (Å²) in [7, 11) is 0. The molecule has 0 bridgehead atoms. The lowest BCUT2D eigenvalue weighted by Gasteiger charge is -2.11. The van der Waals surface area contributed by atoms with Gasteiger partial charge in [0.25, 0.3) is 11.8 Å². The zero-order valence-corrected chi connectivity index (χ0v) is 12.3. The Bertz CT molecular complexity index is 855. The van der Waals surface area contributed by atoms with Crippen molar-refractivity contribution in [3.63, 3.8) is 0 Å². The first-order valence-electron chi connectivity index (χ1n) is 6.40. The summed E-state index contributed by atoms with van der Waals surface area (Å²) in [6.07, 6.45) is 4.42. The van der Waals surface area contributed by atoms with Gasteiger partial charge < -0.3 is 16.0 Å².